The number of amides is 1. The van der Waals surface area contributed by atoms with Crippen molar-refractivity contribution in [1.29, 1.82) is 0 Å². The lowest BCUT2D eigenvalue weighted by atomic mass is 9.98. The van der Waals surface area contributed by atoms with Gasteiger partial charge in [0.2, 0.25) is 5.88 Å². The predicted octanol–water partition coefficient (Wildman–Crippen LogP) is 4.23. The maximum absolute atomic E-state index is 13.8. The summed E-state index contributed by atoms with van der Waals surface area (Å²) >= 11 is 0. The van der Waals surface area contributed by atoms with Crippen LogP contribution >= 0.6 is 0 Å². The largest absolute Gasteiger partial charge is 0.472 e. The van der Waals surface area contributed by atoms with E-state index >= 15 is 0 Å². The maximum Gasteiger partial charge on any atom is 0.259 e. The summed E-state index contributed by atoms with van der Waals surface area (Å²) in [5.41, 5.74) is 1.64. The van der Waals surface area contributed by atoms with E-state index < -0.39 is 0 Å². The maximum atomic E-state index is 13.8. The molecule has 34 heavy (non-hydrogen) atoms. The first-order valence-electron chi connectivity index (χ1n) is 12.4. The van der Waals surface area contributed by atoms with Crippen molar-refractivity contribution in [3.63, 3.8) is 0 Å². The van der Waals surface area contributed by atoms with Crippen LogP contribution in [0.1, 0.15) is 49.9 Å². The van der Waals surface area contributed by atoms with Gasteiger partial charge >= 0.3 is 0 Å². The number of carbonyl (C=O) groups excluding carboxylic acids is 1. The standard InChI is InChI=1S/C27H36FN3O3/c1-18-14-31(19(2)17-32)27(33)24-12-22(21-9-6-10-23(28)11-21)13-29-26(24)34-25(18)16-30(3)15-20-7-4-5-8-20/h6,9-13,18-20,25,32H,4-5,7-8,14-17H2,1-3H3/t18-,19+,25+/m0/s1. The third kappa shape index (κ3) is 5.58. The van der Waals surface area contributed by atoms with Gasteiger partial charge in [0.25, 0.3) is 5.91 Å². The van der Waals surface area contributed by atoms with Gasteiger partial charge in [-0.05, 0) is 56.5 Å². The van der Waals surface area contributed by atoms with Crippen LogP contribution in [-0.4, -0.2) is 71.2 Å². The van der Waals surface area contributed by atoms with E-state index in [2.05, 4.69) is 23.9 Å². The van der Waals surface area contributed by atoms with Gasteiger partial charge in [-0.1, -0.05) is 31.9 Å². The number of aromatic nitrogens is 1. The van der Waals surface area contributed by atoms with E-state index in [0.717, 1.165) is 19.0 Å². The van der Waals surface area contributed by atoms with Gasteiger partial charge in [-0.2, -0.15) is 0 Å². The van der Waals surface area contributed by atoms with Gasteiger partial charge in [0.15, 0.2) is 0 Å². The van der Waals surface area contributed by atoms with Crippen LogP contribution in [0.2, 0.25) is 0 Å². The van der Waals surface area contributed by atoms with Crippen molar-refractivity contribution in [3.8, 4) is 17.0 Å². The Bertz CT molecular complexity index is 995. The number of hydrogen-bond donors (Lipinski definition) is 1. The zero-order valence-electron chi connectivity index (χ0n) is 20.4. The monoisotopic (exact) mass is 469 g/mol. The predicted molar refractivity (Wildman–Crippen MR) is 130 cm³/mol. The second-order valence-electron chi connectivity index (χ2n) is 10.1. The molecule has 2 aliphatic rings. The average Bonchev–Trinajstić information content (AvgIpc) is 3.33. The molecule has 0 radical (unpaired) electrons. The molecule has 0 spiro atoms. The molecule has 2 heterocycles. The molecule has 1 amide bonds. The zero-order chi connectivity index (χ0) is 24.2. The van der Waals surface area contributed by atoms with Gasteiger partial charge < -0.3 is 19.6 Å². The second kappa shape index (κ2) is 10.8. The summed E-state index contributed by atoms with van der Waals surface area (Å²) in [6, 6.07) is 7.63. The molecule has 6 nitrogen and oxygen atoms in total. The number of halogens is 1. The summed E-state index contributed by atoms with van der Waals surface area (Å²) in [5, 5.41) is 9.84. The Morgan fingerprint density at radius 3 is 2.71 bits per heavy atom. The van der Waals surface area contributed by atoms with E-state index in [0.29, 0.717) is 29.1 Å². The second-order valence-corrected chi connectivity index (χ2v) is 10.1. The van der Waals surface area contributed by atoms with Gasteiger partial charge in [0, 0.05) is 37.3 Å². The molecule has 1 fully saturated rings. The minimum Gasteiger partial charge on any atom is -0.472 e. The lowest BCUT2D eigenvalue weighted by Gasteiger charge is -2.38. The van der Waals surface area contributed by atoms with Crippen molar-refractivity contribution in [3.05, 3.63) is 47.9 Å². The molecule has 1 aromatic heterocycles. The highest BCUT2D eigenvalue weighted by Crippen LogP contribution is 2.31. The Kier molecular flexibility index (Phi) is 7.84. The number of fused-ring (bicyclic) bond motifs is 1. The molecule has 1 saturated carbocycles. The molecule has 0 bridgehead atoms. The molecule has 1 N–H and O–H groups in total. The average molecular weight is 470 g/mol. The Labute approximate surface area is 201 Å². The summed E-state index contributed by atoms with van der Waals surface area (Å²) in [6.07, 6.45) is 6.68. The fraction of sp³-hybridized carbons (Fsp3) is 0.556. The van der Waals surface area contributed by atoms with Crippen molar-refractivity contribution >= 4 is 5.91 Å². The van der Waals surface area contributed by atoms with Gasteiger partial charge in [-0.25, -0.2) is 9.37 Å². The van der Waals surface area contributed by atoms with Gasteiger partial charge in [-0.15, -0.1) is 0 Å². The minimum atomic E-state index is -0.346. The smallest absolute Gasteiger partial charge is 0.259 e. The molecule has 1 aliphatic heterocycles. The summed E-state index contributed by atoms with van der Waals surface area (Å²) in [5.74, 6) is 0.516. The zero-order valence-corrected chi connectivity index (χ0v) is 20.4. The first-order valence-corrected chi connectivity index (χ1v) is 12.4. The number of aliphatic hydroxyl groups excluding tert-OH is 1. The van der Waals surface area contributed by atoms with Gasteiger partial charge in [0.05, 0.1) is 12.6 Å². The molecule has 1 aromatic carbocycles. The van der Waals surface area contributed by atoms with Crippen LogP contribution in [0, 0.1) is 17.7 Å². The SMILES string of the molecule is C[C@H](CO)N1C[C@H](C)[C@@H](CN(C)CC2CCCC2)Oc2ncc(-c3cccc(F)c3)cc2C1=O. The molecule has 1 aliphatic carbocycles. The van der Waals surface area contributed by atoms with Crippen LogP contribution in [0.15, 0.2) is 36.5 Å². The Morgan fingerprint density at radius 1 is 1.24 bits per heavy atom. The van der Waals surface area contributed by atoms with Crippen LogP contribution in [0.4, 0.5) is 4.39 Å². The summed E-state index contributed by atoms with van der Waals surface area (Å²) in [4.78, 5) is 22.1. The van der Waals surface area contributed by atoms with Gasteiger partial charge in [-0.3, -0.25) is 4.79 Å². The Balaban J connectivity index is 1.65. The number of rotatable bonds is 7. The minimum absolute atomic E-state index is 0.0572. The number of hydrogen-bond acceptors (Lipinski definition) is 5. The first-order chi connectivity index (χ1) is 16.4. The fourth-order valence-corrected chi connectivity index (χ4v) is 5.16. The van der Waals surface area contributed by atoms with Crippen molar-refractivity contribution in [2.75, 3.05) is 33.3 Å². The number of aliphatic hydroxyl groups is 1. The number of nitrogens with zero attached hydrogens (tertiary/aromatic N) is 3. The number of benzene rings is 1. The molecular formula is C27H36FN3O3. The number of pyridine rings is 1. The van der Waals surface area contributed by atoms with Crippen LogP contribution in [-0.2, 0) is 0 Å². The lowest BCUT2D eigenvalue weighted by Crippen LogP contribution is -2.50. The highest BCUT2D eigenvalue weighted by atomic mass is 19.1. The van der Waals surface area contributed by atoms with Crippen LogP contribution < -0.4 is 4.74 Å². The van der Waals surface area contributed by atoms with Crippen molar-refractivity contribution < 1.29 is 19.0 Å². The normalized spacial score (nSPS) is 22.3. The Hall–Kier alpha value is -2.51. The highest BCUT2D eigenvalue weighted by molar-refractivity contribution is 5.98. The topological polar surface area (TPSA) is 65.9 Å². The van der Waals surface area contributed by atoms with E-state index in [1.807, 2.05) is 6.92 Å². The third-order valence-electron chi connectivity index (χ3n) is 7.22. The number of likely N-dealkylation sites (N-methyl/N-ethyl adjacent to an activating group) is 1. The number of carbonyl (C=O) groups is 1. The van der Waals surface area contributed by atoms with Crippen molar-refractivity contribution in [2.24, 2.45) is 11.8 Å². The molecular weight excluding hydrogens is 433 g/mol. The molecule has 7 heteroatoms. The molecule has 4 rings (SSSR count). The first kappa shape index (κ1) is 24.6. The van der Waals surface area contributed by atoms with E-state index in [9.17, 15) is 14.3 Å². The molecule has 184 valence electrons. The molecule has 3 atom stereocenters. The van der Waals surface area contributed by atoms with Crippen LogP contribution in [0.5, 0.6) is 5.88 Å². The third-order valence-corrected chi connectivity index (χ3v) is 7.22. The quantitative estimate of drug-likeness (QED) is 0.658. The van der Waals surface area contributed by atoms with E-state index in [4.69, 9.17) is 4.74 Å². The van der Waals surface area contributed by atoms with E-state index in [1.54, 1.807) is 29.3 Å². The van der Waals surface area contributed by atoms with Crippen molar-refractivity contribution in [2.45, 2.75) is 51.7 Å². The van der Waals surface area contributed by atoms with Crippen molar-refractivity contribution in [1.82, 2.24) is 14.8 Å². The van der Waals surface area contributed by atoms with Crippen LogP contribution in [0.3, 0.4) is 0 Å². The number of ether oxygens (including phenoxy) is 1. The highest BCUT2D eigenvalue weighted by Gasteiger charge is 2.34. The Morgan fingerprint density at radius 2 is 2.00 bits per heavy atom. The summed E-state index contributed by atoms with van der Waals surface area (Å²) in [7, 11) is 2.13. The molecule has 0 saturated heterocycles. The van der Waals surface area contributed by atoms with Gasteiger partial charge in [0.1, 0.15) is 17.5 Å². The fourth-order valence-electron chi connectivity index (χ4n) is 5.16. The van der Waals surface area contributed by atoms with E-state index in [1.165, 1.54) is 37.8 Å². The molecule has 2 aromatic rings. The van der Waals surface area contributed by atoms with E-state index in [-0.39, 0.29) is 36.4 Å². The summed E-state index contributed by atoms with van der Waals surface area (Å²) in [6.45, 7) is 6.06. The lowest BCUT2D eigenvalue weighted by molar-refractivity contribution is 0.0320. The van der Waals surface area contributed by atoms with Crippen LogP contribution in [0.25, 0.3) is 11.1 Å². The molecule has 0 unspecified atom stereocenters. The summed E-state index contributed by atoms with van der Waals surface area (Å²) < 4.78 is 20.2.